The molecule has 7 heteroatoms. The summed E-state index contributed by atoms with van der Waals surface area (Å²) in [6, 6.07) is 14.2. The number of rotatable bonds is 5. The Labute approximate surface area is 171 Å². The minimum Gasteiger partial charge on any atom is -0.495 e. The quantitative estimate of drug-likeness (QED) is 0.694. The summed E-state index contributed by atoms with van der Waals surface area (Å²) in [5.41, 5.74) is 5.21. The van der Waals surface area contributed by atoms with Gasteiger partial charge >= 0.3 is 0 Å². The number of pyridine rings is 1. The van der Waals surface area contributed by atoms with Crippen molar-refractivity contribution in [2.45, 2.75) is 13.5 Å². The molecule has 0 amide bonds. The Balaban J connectivity index is 1.53. The molecule has 0 unspecified atom stereocenters. The lowest BCUT2D eigenvalue weighted by Crippen LogP contribution is -2.40. The van der Waals surface area contributed by atoms with Crippen molar-refractivity contribution in [3.8, 4) is 5.75 Å². The molecule has 1 fully saturated rings. The van der Waals surface area contributed by atoms with Crippen LogP contribution in [0.3, 0.4) is 0 Å². The molecule has 29 heavy (non-hydrogen) atoms. The van der Waals surface area contributed by atoms with Crippen molar-refractivity contribution in [2.24, 2.45) is 0 Å². The minimum absolute atomic E-state index is 0.197. The van der Waals surface area contributed by atoms with Crippen LogP contribution in [0.15, 0.2) is 48.7 Å². The third-order valence-corrected chi connectivity index (χ3v) is 7.04. The van der Waals surface area contributed by atoms with Crippen LogP contribution in [0.4, 0.5) is 11.4 Å². The number of benzene rings is 2. The van der Waals surface area contributed by atoms with Gasteiger partial charge in [0.25, 0.3) is 0 Å². The highest BCUT2D eigenvalue weighted by molar-refractivity contribution is 7.91. The summed E-state index contributed by atoms with van der Waals surface area (Å²) in [4.78, 5) is 6.64. The molecule has 152 valence electrons. The normalized spacial score (nSPS) is 16.0. The van der Waals surface area contributed by atoms with E-state index in [0.29, 0.717) is 19.6 Å². The fraction of sp³-hybridized carbons (Fsp3) is 0.318. The number of nitrogens with zero attached hydrogens (tertiary/aromatic N) is 2. The molecule has 0 bridgehead atoms. The van der Waals surface area contributed by atoms with Gasteiger partial charge < -0.3 is 15.0 Å². The Hall–Kier alpha value is -2.80. The molecule has 1 aromatic heterocycles. The molecule has 6 nitrogen and oxygen atoms in total. The first-order valence-electron chi connectivity index (χ1n) is 9.67. The molecule has 2 heterocycles. The van der Waals surface area contributed by atoms with E-state index < -0.39 is 9.84 Å². The number of fused-ring (bicyclic) bond motifs is 1. The number of ether oxygens (including phenoxy) is 1. The maximum absolute atomic E-state index is 11.7. The number of aryl methyl sites for hydroxylation is 1. The summed E-state index contributed by atoms with van der Waals surface area (Å²) in [7, 11) is -1.25. The van der Waals surface area contributed by atoms with Gasteiger partial charge in [-0.2, -0.15) is 0 Å². The highest BCUT2D eigenvalue weighted by Crippen LogP contribution is 2.31. The Morgan fingerprint density at radius 3 is 2.69 bits per heavy atom. The highest BCUT2D eigenvalue weighted by Gasteiger charge is 2.22. The summed E-state index contributed by atoms with van der Waals surface area (Å²) >= 11 is 0. The predicted molar refractivity (Wildman–Crippen MR) is 118 cm³/mol. The third-order valence-electron chi connectivity index (χ3n) is 5.44. The molecule has 1 aliphatic heterocycles. The summed E-state index contributed by atoms with van der Waals surface area (Å²) < 4.78 is 28.9. The van der Waals surface area contributed by atoms with E-state index in [1.165, 1.54) is 5.56 Å². The SMILES string of the molecule is COc1cc(N2CCS(=O)(=O)CC2)ccc1NCc1ccc(C)c2cccnc12. The van der Waals surface area contributed by atoms with Gasteiger partial charge in [-0.1, -0.05) is 18.2 Å². The van der Waals surface area contributed by atoms with Crippen LogP contribution in [0.2, 0.25) is 0 Å². The van der Waals surface area contributed by atoms with E-state index in [4.69, 9.17) is 4.74 Å². The molecule has 0 spiro atoms. The fourth-order valence-corrected chi connectivity index (χ4v) is 4.90. The maximum atomic E-state index is 11.7. The molecule has 1 saturated heterocycles. The molecule has 4 rings (SSSR count). The molecule has 1 N–H and O–H groups in total. The van der Waals surface area contributed by atoms with Crippen molar-refractivity contribution in [3.63, 3.8) is 0 Å². The van der Waals surface area contributed by atoms with Gasteiger partial charge in [-0.3, -0.25) is 4.98 Å². The van der Waals surface area contributed by atoms with Crippen LogP contribution in [0, 0.1) is 6.92 Å². The van der Waals surface area contributed by atoms with Gasteiger partial charge in [-0.15, -0.1) is 0 Å². The van der Waals surface area contributed by atoms with E-state index in [-0.39, 0.29) is 11.5 Å². The first-order chi connectivity index (χ1) is 14.0. The number of aromatic nitrogens is 1. The van der Waals surface area contributed by atoms with E-state index in [9.17, 15) is 8.42 Å². The summed E-state index contributed by atoms with van der Waals surface area (Å²) in [6.45, 7) is 3.75. The first kappa shape index (κ1) is 19.5. The van der Waals surface area contributed by atoms with Crippen LogP contribution in [0.5, 0.6) is 5.75 Å². The molecule has 1 aliphatic rings. The zero-order valence-electron chi connectivity index (χ0n) is 16.7. The largest absolute Gasteiger partial charge is 0.495 e. The molecule has 0 atom stereocenters. The Morgan fingerprint density at radius 2 is 1.93 bits per heavy atom. The topological polar surface area (TPSA) is 71.5 Å². The first-order valence-corrected chi connectivity index (χ1v) is 11.5. The molecule has 0 radical (unpaired) electrons. The van der Waals surface area contributed by atoms with Gasteiger partial charge in [-0.05, 0) is 36.2 Å². The lowest BCUT2D eigenvalue weighted by atomic mass is 10.0. The number of hydrogen-bond acceptors (Lipinski definition) is 6. The third kappa shape index (κ3) is 4.15. The van der Waals surface area contributed by atoms with Gasteiger partial charge in [0.1, 0.15) is 5.75 Å². The van der Waals surface area contributed by atoms with Crippen molar-refractivity contribution in [3.05, 3.63) is 59.8 Å². The number of sulfone groups is 1. The van der Waals surface area contributed by atoms with Crippen molar-refractivity contribution in [2.75, 3.05) is 41.9 Å². The van der Waals surface area contributed by atoms with Gasteiger partial charge in [0.05, 0.1) is 29.8 Å². The molecule has 2 aromatic carbocycles. The zero-order chi connectivity index (χ0) is 20.4. The predicted octanol–water partition coefficient (Wildman–Crippen LogP) is 3.40. The van der Waals surface area contributed by atoms with Crippen LogP contribution in [-0.4, -0.2) is 45.1 Å². The van der Waals surface area contributed by atoms with E-state index in [2.05, 4.69) is 40.3 Å². The Bertz CT molecular complexity index is 1130. The Kier molecular flexibility index (Phi) is 5.32. The van der Waals surface area contributed by atoms with Crippen LogP contribution >= 0.6 is 0 Å². The zero-order valence-corrected chi connectivity index (χ0v) is 17.5. The van der Waals surface area contributed by atoms with Crippen LogP contribution in [0.1, 0.15) is 11.1 Å². The number of hydrogen-bond donors (Lipinski definition) is 1. The van der Waals surface area contributed by atoms with Gasteiger partial charge in [0, 0.05) is 43.0 Å². The molecule has 0 saturated carbocycles. The van der Waals surface area contributed by atoms with Crippen molar-refractivity contribution in [1.29, 1.82) is 0 Å². The second-order valence-corrected chi connectivity index (χ2v) is 9.62. The summed E-state index contributed by atoms with van der Waals surface area (Å²) in [5.74, 6) is 1.13. The molecular formula is C22H25N3O3S. The number of anilines is 2. The number of methoxy groups -OCH3 is 1. The average Bonchev–Trinajstić information content (AvgIpc) is 2.73. The van der Waals surface area contributed by atoms with E-state index in [1.54, 1.807) is 7.11 Å². The van der Waals surface area contributed by atoms with Crippen LogP contribution < -0.4 is 15.0 Å². The van der Waals surface area contributed by atoms with Crippen molar-refractivity contribution < 1.29 is 13.2 Å². The van der Waals surface area contributed by atoms with Gasteiger partial charge in [0.15, 0.2) is 9.84 Å². The van der Waals surface area contributed by atoms with Crippen LogP contribution in [0.25, 0.3) is 10.9 Å². The lowest BCUT2D eigenvalue weighted by Gasteiger charge is -2.29. The summed E-state index contributed by atoms with van der Waals surface area (Å²) in [6.07, 6.45) is 1.82. The lowest BCUT2D eigenvalue weighted by molar-refractivity contribution is 0.416. The van der Waals surface area contributed by atoms with Crippen LogP contribution in [-0.2, 0) is 16.4 Å². The minimum atomic E-state index is -2.90. The summed E-state index contributed by atoms with van der Waals surface area (Å²) in [5, 5.41) is 4.62. The maximum Gasteiger partial charge on any atom is 0.153 e. The van der Waals surface area contributed by atoms with Gasteiger partial charge in [0.2, 0.25) is 0 Å². The average molecular weight is 412 g/mol. The number of nitrogens with one attached hydrogen (secondary N) is 1. The second kappa shape index (κ2) is 7.91. The fourth-order valence-electron chi connectivity index (χ4n) is 3.70. The van der Waals surface area contributed by atoms with Crippen molar-refractivity contribution in [1.82, 2.24) is 4.98 Å². The molecule has 3 aromatic rings. The van der Waals surface area contributed by atoms with E-state index >= 15 is 0 Å². The highest BCUT2D eigenvalue weighted by atomic mass is 32.2. The Morgan fingerprint density at radius 1 is 1.14 bits per heavy atom. The van der Waals surface area contributed by atoms with Crippen molar-refractivity contribution >= 4 is 32.1 Å². The standard InChI is InChI=1S/C22H25N3O3S/c1-16-5-6-17(22-19(16)4-3-9-23-22)15-24-20-8-7-18(14-21(20)28-2)25-10-12-29(26,27)13-11-25/h3-9,14,24H,10-13,15H2,1-2H3. The van der Waals surface area contributed by atoms with Gasteiger partial charge in [-0.25, -0.2) is 8.42 Å². The second-order valence-electron chi connectivity index (χ2n) is 7.32. The molecular weight excluding hydrogens is 386 g/mol. The smallest absolute Gasteiger partial charge is 0.153 e. The van der Waals surface area contributed by atoms with E-state index in [0.717, 1.165) is 33.6 Å². The monoisotopic (exact) mass is 411 g/mol. The van der Waals surface area contributed by atoms with E-state index in [1.807, 2.05) is 30.5 Å². The molecule has 0 aliphatic carbocycles.